The van der Waals surface area contributed by atoms with Crippen LogP contribution in [0.2, 0.25) is 0 Å². The molecule has 1 saturated heterocycles. The number of nitro groups is 1. The van der Waals surface area contributed by atoms with E-state index in [1.165, 1.54) is 6.42 Å². The fourth-order valence-corrected chi connectivity index (χ4v) is 3.06. The SMILES string of the molecule is CNCCC1CCCCN1c1c([N+](=O)[O-])c(C)nn1C. The Morgan fingerprint density at radius 2 is 2.25 bits per heavy atom. The molecule has 0 spiro atoms. The van der Waals surface area contributed by atoms with Crippen LogP contribution >= 0.6 is 0 Å². The zero-order valence-corrected chi connectivity index (χ0v) is 12.4. The van der Waals surface area contributed by atoms with Crippen LogP contribution in [0.25, 0.3) is 0 Å². The average molecular weight is 281 g/mol. The molecule has 1 aliphatic rings. The molecule has 0 aliphatic carbocycles. The van der Waals surface area contributed by atoms with Gasteiger partial charge in [0.05, 0.1) is 4.92 Å². The molecular weight excluding hydrogens is 258 g/mol. The molecule has 20 heavy (non-hydrogen) atoms. The van der Waals surface area contributed by atoms with Crippen molar-refractivity contribution in [3.8, 4) is 0 Å². The van der Waals surface area contributed by atoms with Crippen molar-refractivity contribution in [3.63, 3.8) is 0 Å². The van der Waals surface area contributed by atoms with Crippen molar-refractivity contribution < 1.29 is 4.92 Å². The molecular formula is C13H23N5O2. The molecule has 0 aromatic carbocycles. The molecule has 7 nitrogen and oxygen atoms in total. The summed E-state index contributed by atoms with van der Waals surface area (Å²) in [4.78, 5) is 13.2. The number of nitrogens with zero attached hydrogens (tertiary/aromatic N) is 4. The van der Waals surface area contributed by atoms with E-state index in [2.05, 4.69) is 15.3 Å². The molecule has 112 valence electrons. The zero-order chi connectivity index (χ0) is 14.7. The second-order valence-electron chi connectivity index (χ2n) is 5.37. The third-order valence-electron chi connectivity index (χ3n) is 3.97. The summed E-state index contributed by atoms with van der Waals surface area (Å²) in [5.41, 5.74) is 0.647. The number of anilines is 1. The molecule has 1 atom stereocenters. The van der Waals surface area contributed by atoms with Crippen molar-refractivity contribution in [2.45, 2.75) is 38.6 Å². The number of hydrogen-bond donors (Lipinski definition) is 1. The third kappa shape index (κ3) is 2.77. The highest BCUT2D eigenvalue weighted by molar-refractivity contribution is 5.62. The largest absolute Gasteiger partial charge is 0.348 e. The first-order chi connectivity index (χ1) is 9.56. The molecule has 0 bridgehead atoms. The minimum Gasteiger partial charge on any atom is -0.348 e. The van der Waals surface area contributed by atoms with Gasteiger partial charge in [0.15, 0.2) is 0 Å². The van der Waals surface area contributed by atoms with Gasteiger partial charge < -0.3 is 10.2 Å². The van der Waals surface area contributed by atoms with E-state index < -0.39 is 0 Å². The predicted molar refractivity (Wildman–Crippen MR) is 78.1 cm³/mol. The van der Waals surface area contributed by atoms with Gasteiger partial charge in [-0.15, -0.1) is 0 Å². The Bertz CT molecular complexity index is 485. The Balaban J connectivity index is 2.34. The van der Waals surface area contributed by atoms with Gasteiger partial charge in [-0.1, -0.05) is 0 Å². The van der Waals surface area contributed by atoms with E-state index in [1.54, 1.807) is 18.7 Å². The molecule has 2 rings (SSSR count). The van der Waals surface area contributed by atoms with Crippen LogP contribution in [0.3, 0.4) is 0 Å². The summed E-state index contributed by atoms with van der Waals surface area (Å²) in [6.45, 7) is 3.49. The smallest absolute Gasteiger partial charge is 0.333 e. The molecule has 0 radical (unpaired) electrons. The van der Waals surface area contributed by atoms with Crippen LogP contribution < -0.4 is 10.2 Å². The molecule has 1 aromatic heterocycles. The maximum atomic E-state index is 11.3. The first-order valence-electron chi connectivity index (χ1n) is 7.15. The monoisotopic (exact) mass is 281 g/mol. The number of aryl methyl sites for hydroxylation is 2. The molecule has 1 aliphatic heterocycles. The fourth-order valence-electron chi connectivity index (χ4n) is 3.06. The van der Waals surface area contributed by atoms with Crippen molar-refractivity contribution in [1.29, 1.82) is 0 Å². The molecule has 2 heterocycles. The van der Waals surface area contributed by atoms with Gasteiger partial charge in [0, 0.05) is 19.6 Å². The summed E-state index contributed by atoms with van der Waals surface area (Å²) in [7, 11) is 3.73. The van der Waals surface area contributed by atoms with Gasteiger partial charge in [0.25, 0.3) is 0 Å². The summed E-state index contributed by atoms with van der Waals surface area (Å²) in [5.74, 6) is 0.660. The molecule has 1 aromatic rings. The summed E-state index contributed by atoms with van der Waals surface area (Å²) < 4.78 is 1.66. The molecule has 0 saturated carbocycles. The van der Waals surface area contributed by atoms with E-state index in [4.69, 9.17) is 0 Å². The highest BCUT2D eigenvalue weighted by Gasteiger charge is 2.33. The third-order valence-corrected chi connectivity index (χ3v) is 3.97. The molecule has 1 N–H and O–H groups in total. The number of rotatable bonds is 5. The minimum atomic E-state index is -0.304. The summed E-state index contributed by atoms with van der Waals surface area (Å²) in [5, 5.41) is 18.7. The van der Waals surface area contributed by atoms with E-state index in [0.717, 1.165) is 32.4 Å². The van der Waals surface area contributed by atoms with Crippen LogP contribution in [-0.2, 0) is 7.05 Å². The van der Waals surface area contributed by atoms with Gasteiger partial charge in [0.1, 0.15) is 5.69 Å². The Morgan fingerprint density at radius 3 is 2.90 bits per heavy atom. The predicted octanol–water partition coefficient (Wildman–Crippen LogP) is 1.61. The highest BCUT2D eigenvalue weighted by atomic mass is 16.6. The maximum Gasteiger partial charge on any atom is 0.333 e. The lowest BCUT2D eigenvalue weighted by Gasteiger charge is -2.36. The quantitative estimate of drug-likeness (QED) is 0.655. The number of piperidine rings is 1. The lowest BCUT2D eigenvalue weighted by Crippen LogP contribution is -2.42. The van der Waals surface area contributed by atoms with Crippen molar-refractivity contribution >= 4 is 11.5 Å². The normalized spacial score (nSPS) is 19.4. The van der Waals surface area contributed by atoms with E-state index in [9.17, 15) is 10.1 Å². The fraction of sp³-hybridized carbons (Fsp3) is 0.769. The van der Waals surface area contributed by atoms with Crippen molar-refractivity contribution in [2.24, 2.45) is 7.05 Å². The van der Waals surface area contributed by atoms with Crippen LogP contribution in [0.5, 0.6) is 0 Å². The standard InChI is InChI=1S/C13H23N5O2/c1-10-12(18(19)20)13(16(3)15-10)17-9-5-4-6-11(17)7-8-14-2/h11,14H,4-9H2,1-3H3. The van der Waals surface area contributed by atoms with Crippen molar-refractivity contribution in [1.82, 2.24) is 15.1 Å². The maximum absolute atomic E-state index is 11.3. The number of hydrogen-bond acceptors (Lipinski definition) is 5. The molecule has 7 heteroatoms. The van der Waals surface area contributed by atoms with E-state index in [1.807, 2.05) is 7.05 Å². The minimum absolute atomic E-state index is 0.156. The van der Waals surface area contributed by atoms with Crippen LogP contribution in [0.15, 0.2) is 0 Å². The van der Waals surface area contributed by atoms with Crippen molar-refractivity contribution in [3.05, 3.63) is 15.8 Å². The lowest BCUT2D eigenvalue weighted by atomic mass is 9.99. The van der Waals surface area contributed by atoms with Crippen LogP contribution in [0.4, 0.5) is 11.5 Å². The highest BCUT2D eigenvalue weighted by Crippen LogP contribution is 2.35. The Labute approximate surface area is 119 Å². The Kier molecular flexibility index (Phi) is 4.59. The second kappa shape index (κ2) is 6.21. The zero-order valence-electron chi connectivity index (χ0n) is 12.4. The van der Waals surface area contributed by atoms with E-state index in [-0.39, 0.29) is 10.6 Å². The van der Waals surface area contributed by atoms with Gasteiger partial charge in [-0.3, -0.25) is 10.1 Å². The Hall–Kier alpha value is -1.63. The first-order valence-corrected chi connectivity index (χ1v) is 7.15. The Morgan fingerprint density at radius 1 is 1.50 bits per heavy atom. The van der Waals surface area contributed by atoms with Crippen LogP contribution in [-0.4, -0.2) is 40.9 Å². The van der Waals surface area contributed by atoms with Crippen LogP contribution in [0.1, 0.15) is 31.4 Å². The van der Waals surface area contributed by atoms with Crippen molar-refractivity contribution in [2.75, 3.05) is 25.0 Å². The van der Waals surface area contributed by atoms with Gasteiger partial charge in [-0.25, -0.2) is 4.68 Å². The van der Waals surface area contributed by atoms with Gasteiger partial charge in [-0.2, -0.15) is 5.10 Å². The lowest BCUT2D eigenvalue weighted by molar-refractivity contribution is -0.384. The summed E-state index contributed by atoms with van der Waals surface area (Å²) >= 11 is 0. The first kappa shape index (κ1) is 14.8. The number of nitrogens with one attached hydrogen (secondary N) is 1. The van der Waals surface area contributed by atoms with E-state index in [0.29, 0.717) is 17.6 Å². The summed E-state index contributed by atoms with van der Waals surface area (Å²) in [6, 6.07) is 0.352. The molecule has 1 unspecified atom stereocenters. The molecule has 0 amide bonds. The van der Waals surface area contributed by atoms with Gasteiger partial charge in [0.2, 0.25) is 5.82 Å². The van der Waals surface area contributed by atoms with Gasteiger partial charge >= 0.3 is 5.69 Å². The molecule has 1 fully saturated rings. The average Bonchev–Trinajstić information content (AvgIpc) is 2.71. The number of aromatic nitrogens is 2. The van der Waals surface area contributed by atoms with Gasteiger partial charge in [-0.05, 0) is 46.2 Å². The second-order valence-corrected chi connectivity index (χ2v) is 5.37. The summed E-state index contributed by atoms with van der Waals surface area (Å²) in [6.07, 6.45) is 4.36. The topological polar surface area (TPSA) is 76.2 Å². The van der Waals surface area contributed by atoms with E-state index >= 15 is 0 Å². The van der Waals surface area contributed by atoms with Crippen LogP contribution in [0, 0.1) is 17.0 Å².